The Labute approximate surface area is 102 Å². The normalized spacial score (nSPS) is 18.9. The molecule has 0 bridgehead atoms. The van der Waals surface area contributed by atoms with Crippen LogP contribution >= 0.6 is 12.4 Å². The molecule has 16 heavy (non-hydrogen) atoms. The van der Waals surface area contributed by atoms with Crippen molar-refractivity contribution < 1.29 is 4.74 Å². The van der Waals surface area contributed by atoms with Gasteiger partial charge in [-0.3, -0.25) is 0 Å². The smallest absolute Gasteiger partial charge is 0.123 e. The van der Waals surface area contributed by atoms with Gasteiger partial charge < -0.3 is 10.5 Å². The highest BCUT2D eigenvalue weighted by molar-refractivity contribution is 5.85. The lowest BCUT2D eigenvalue weighted by molar-refractivity contribution is 0.357. The van der Waals surface area contributed by atoms with E-state index in [1.165, 1.54) is 22.3 Å². The lowest BCUT2D eigenvalue weighted by Gasteiger charge is -2.07. The number of aryl methyl sites for hydroxylation is 1. The van der Waals surface area contributed by atoms with Crippen molar-refractivity contribution in [2.75, 3.05) is 13.2 Å². The highest BCUT2D eigenvalue weighted by Gasteiger charge is 2.24. The first-order chi connectivity index (χ1) is 7.40. The summed E-state index contributed by atoms with van der Waals surface area (Å²) < 4.78 is 5.59. The molecule has 3 heteroatoms. The number of hydrogen-bond acceptors (Lipinski definition) is 2. The summed E-state index contributed by atoms with van der Waals surface area (Å²) in [7, 11) is 0. The first-order valence-electron chi connectivity index (χ1n) is 5.57. The first-order valence-corrected chi connectivity index (χ1v) is 5.57. The second kappa shape index (κ2) is 4.48. The van der Waals surface area contributed by atoms with E-state index < -0.39 is 0 Å². The zero-order valence-electron chi connectivity index (χ0n) is 9.16. The summed E-state index contributed by atoms with van der Waals surface area (Å²) in [6.07, 6.45) is 5.52. The molecule has 1 aliphatic heterocycles. The van der Waals surface area contributed by atoms with Crippen molar-refractivity contribution >= 4 is 18.0 Å². The van der Waals surface area contributed by atoms with Gasteiger partial charge in [-0.1, -0.05) is 12.1 Å². The average Bonchev–Trinajstić information content (AvgIpc) is 2.83. The van der Waals surface area contributed by atoms with Crippen molar-refractivity contribution in [2.24, 2.45) is 5.73 Å². The second-order valence-corrected chi connectivity index (χ2v) is 4.14. The second-order valence-electron chi connectivity index (χ2n) is 4.14. The molecule has 1 aliphatic carbocycles. The SMILES string of the molecule is Cl.NC/C=C1\CCc2ccc3c(c21)CCO3. The monoisotopic (exact) mass is 237 g/mol. The number of hydrogen-bond donors (Lipinski definition) is 1. The quantitative estimate of drug-likeness (QED) is 0.814. The van der Waals surface area contributed by atoms with Crippen molar-refractivity contribution in [3.05, 3.63) is 34.9 Å². The van der Waals surface area contributed by atoms with Crippen LogP contribution in [0.4, 0.5) is 0 Å². The molecular weight excluding hydrogens is 222 g/mol. The van der Waals surface area contributed by atoms with Gasteiger partial charge >= 0.3 is 0 Å². The average molecular weight is 238 g/mol. The Hall–Kier alpha value is -0.990. The predicted octanol–water partition coefficient (Wildman–Crippen LogP) is 2.33. The molecule has 2 aliphatic rings. The minimum absolute atomic E-state index is 0. The molecule has 1 heterocycles. The maximum Gasteiger partial charge on any atom is 0.123 e. The molecular formula is C13H16ClNO. The third kappa shape index (κ3) is 1.62. The Balaban J connectivity index is 0.000000963. The molecule has 0 aromatic heterocycles. The molecule has 0 amide bonds. The van der Waals surface area contributed by atoms with E-state index in [0.717, 1.165) is 31.6 Å². The number of nitrogens with two attached hydrogens (primary N) is 1. The summed E-state index contributed by atoms with van der Waals surface area (Å²) in [6, 6.07) is 4.32. The number of allylic oxidation sites excluding steroid dienone is 1. The molecule has 86 valence electrons. The van der Waals surface area contributed by atoms with Gasteiger partial charge in [0.2, 0.25) is 0 Å². The standard InChI is InChI=1S/C13H15NO.ClH/c14-7-5-10-2-1-9-3-4-12-11(13(9)10)6-8-15-12;/h3-5H,1-2,6-8,14H2;1H/b10-5+;. The lowest BCUT2D eigenvalue weighted by atomic mass is 9.98. The molecule has 1 aromatic carbocycles. The van der Waals surface area contributed by atoms with Crippen LogP contribution in [-0.2, 0) is 12.8 Å². The minimum atomic E-state index is 0. The number of benzene rings is 1. The maximum atomic E-state index is 5.60. The molecule has 0 saturated carbocycles. The highest BCUT2D eigenvalue weighted by Crippen LogP contribution is 2.40. The topological polar surface area (TPSA) is 35.2 Å². The molecule has 0 saturated heterocycles. The molecule has 0 atom stereocenters. The van der Waals surface area contributed by atoms with Crippen LogP contribution in [0.5, 0.6) is 5.75 Å². The molecule has 2 nitrogen and oxygen atoms in total. The van der Waals surface area contributed by atoms with Gasteiger partial charge in [0.25, 0.3) is 0 Å². The van der Waals surface area contributed by atoms with Crippen LogP contribution in [0, 0.1) is 0 Å². The minimum Gasteiger partial charge on any atom is -0.493 e. The summed E-state index contributed by atoms with van der Waals surface area (Å²) >= 11 is 0. The van der Waals surface area contributed by atoms with E-state index >= 15 is 0 Å². The van der Waals surface area contributed by atoms with Crippen molar-refractivity contribution in [3.63, 3.8) is 0 Å². The summed E-state index contributed by atoms with van der Waals surface area (Å²) in [5, 5.41) is 0. The predicted molar refractivity (Wildman–Crippen MR) is 68.2 cm³/mol. The Bertz CT molecular complexity index is 440. The Morgan fingerprint density at radius 2 is 2.12 bits per heavy atom. The summed E-state index contributed by atoms with van der Waals surface area (Å²) in [5.74, 6) is 1.08. The van der Waals surface area contributed by atoms with Crippen LogP contribution in [0.3, 0.4) is 0 Å². The van der Waals surface area contributed by atoms with Crippen molar-refractivity contribution in [1.29, 1.82) is 0 Å². The molecule has 0 fully saturated rings. The van der Waals surface area contributed by atoms with E-state index in [1.54, 1.807) is 0 Å². The Morgan fingerprint density at radius 3 is 2.94 bits per heavy atom. The zero-order valence-corrected chi connectivity index (χ0v) is 9.98. The first kappa shape index (κ1) is 11.5. The summed E-state index contributed by atoms with van der Waals surface area (Å²) in [5.41, 5.74) is 11.3. The fourth-order valence-corrected chi connectivity index (χ4v) is 2.67. The Kier molecular flexibility index (Phi) is 3.22. The molecule has 3 rings (SSSR count). The van der Waals surface area contributed by atoms with E-state index in [1.807, 2.05) is 0 Å². The van der Waals surface area contributed by atoms with Gasteiger partial charge in [-0.15, -0.1) is 12.4 Å². The molecule has 0 radical (unpaired) electrons. The van der Waals surface area contributed by atoms with Gasteiger partial charge in [0.1, 0.15) is 5.75 Å². The van der Waals surface area contributed by atoms with Crippen LogP contribution in [0.15, 0.2) is 18.2 Å². The van der Waals surface area contributed by atoms with E-state index in [2.05, 4.69) is 18.2 Å². The van der Waals surface area contributed by atoms with E-state index in [0.29, 0.717) is 6.54 Å². The summed E-state index contributed by atoms with van der Waals surface area (Å²) in [6.45, 7) is 1.47. The van der Waals surface area contributed by atoms with Crippen molar-refractivity contribution in [1.82, 2.24) is 0 Å². The molecule has 0 unspecified atom stereocenters. The molecule has 1 aromatic rings. The van der Waals surface area contributed by atoms with Gasteiger partial charge in [-0.25, -0.2) is 0 Å². The number of ether oxygens (including phenoxy) is 1. The maximum absolute atomic E-state index is 5.60. The third-order valence-electron chi connectivity index (χ3n) is 3.31. The van der Waals surface area contributed by atoms with Crippen LogP contribution in [0.2, 0.25) is 0 Å². The van der Waals surface area contributed by atoms with Crippen molar-refractivity contribution in [2.45, 2.75) is 19.3 Å². The van der Waals surface area contributed by atoms with Crippen LogP contribution in [-0.4, -0.2) is 13.2 Å². The number of rotatable bonds is 1. The number of halogens is 1. The van der Waals surface area contributed by atoms with Crippen LogP contribution in [0.1, 0.15) is 23.1 Å². The zero-order chi connectivity index (χ0) is 10.3. The van der Waals surface area contributed by atoms with Gasteiger partial charge in [0, 0.05) is 18.5 Å². The van der Waals surface area contributed by atoms with Gasteiger partial charge in [0.15, 0.2) is 0 Å². The molecule has 0 spiro atoms. The Morgan fingerprint density at radius 1 is 1.25 bits per heavy atom. The largest absolute Gasteiger partial charge is 0.493 e. The van der Waals surface area contributed by atoms with E-state index in [4.69, 9.17) is 10.5 Å². The number of fused-ring (bicyclic) bond motifs is 3. The van der Waals surface area contributed by atoms with Gasteiger partial charge in [-0.2, -0.15) is 0 Å². The highest BCUT2D eigenvalue weighted by atomic mass is 35.5. The van der Waals surface area contributed by atoms with Gasteiger partial charge in [0.05, 0.1) is 6.61 Å². The van der Waals surface area contributed by atoms with E-state index in [-0.39, 0.29) is 12.4 Å². The van der Waals surface area contributed by atoms with E-state index in [9.17, 15) is 0 Å². The third-order valence-corrected chi connectivity index (χ3v) is 3.31. The summed E-state index contributed by atoms with van der Waals surface area (Å²) in [4.78, 5) is 0. The van der Waals surface area contributed by atoms with Gasteiger partial charge in [-0.05, 0) is 35.6 Å². The lowest BCUT2D eigenvalue weighted by Crippen LogP contribution is -1.96. The van der Waals surface area contributed by atoms with Crippen LogP contribution < -0.4 is 10.5 Å². The van der Waals surface area contributed by atoms with Crippen LogP contribution in [0.25, 0.3) is 5.57 Å². The fourth-order valence-electron chi connectivity index (χ4n) is 2.67. The van der Waals surface area contributed by atoms with Crippen molar-refractivity contribution in [3.8, 4) is 5.75 Å². The molecule has 2 N–H and O–H groups in total. The fraction of sp³-hybridized carbons (Fsp3) is 0.385.